The van der Waals surface area contributed by atoms with Gasteiger partial charge >= 0.3 is 6.09 Å². The molecule has 2 saturated heterocycles. The van der Waals surface area contributed by atoms with Gasteiger partial charge in [-0.05, 0) is 63.4 Å². The average molecular weight is 781 g/mol. The van der Waals surface area contributed by atoms with Crippen molar-refractivity contribution in [1.29, 1.82) is 0 Å². The van der Waals surface area contributed by atoms with E-state index in [2.05, 4.69) is 27.2 Å². The van der Waals surface area contributed by atoms with Crippen LogP contribution in [0.2, 0.25) is 0 Å². The number of hydrogen-bond acceptors (Lipinski definition) is 10. The van der Waals surface area contributed by atoms with Gasteiger partial charge in [0.15, 0.2) is 0 Å². The summed E-state index contributed by atoms with van der Waals surface area (Å²) >= 11 is 0. The van der Waals surface area contributed by atoms with Crippen molar-refractivity contribution < 1.29 is 42.2 Å². The van der Waals surface area contributed by atoms with Crippen LogP contribution in [0.3, 0.4) is 0 Å². The second-order valence-corrected chi connectivity index (χ2v) is 18.4. The van der Waals surface area contributed by atoms with Crippen LogP contribution in [-0.4, -0.2) is 109 Å². The van der Waals surface area contributed by atoms with Crippen molar-refractivity contribution in [2.45, 2.75) is 101 Å². The van der Waals surface area contributed by atoms with Gasteiger partial charge in [-0.1, -0.05) is 50.6 Å². The monoisotopic (exact) mass is 780 g/mol. The number of allylic oxidation sites excluding steroid dienone is 1. The number of amides is 4. The second kappa shape index (κ2) is 15.2. The van der Waals surface area contributed by atoms with E-state index < -0.39 is 68.2 Å². The number of carbonyl (C=O) groups is 4. The van der Waals surface area contributed by atoms with Crippen LogP contribution >= 0.6 is 0 Å². The third-order valence-electron chi connectivity index (χ3n) is 12.3. The quantitative estimate of drug-likeness (QED) is 0.287. The minimum absolute atomic E-state index is 0.0281. The molecule has 1 aromatic carbocycles. The molecule has 0 unspecified atom stereocenters. The number of nitrogens with one attached hydrogen (secondary N) is 3. The van der Waals surface area contributed by atoms with E-state index in [9.17, 15) is 32.7 Å². The van der Waals surface area contributed by atoms with Crippen LogP contribution in [0.5, 0.6) is 5.88 Å². The first kappa shape index (κ1) is 38.8. The van der Waals surface area contributed by atoms with Crippen LogP contribution in [-0.2, 0) is 29.1 Å². The minimum Gasteiger partial charge on any atom is -0.472 e. The van der Waals surface area contributed by atoms with Gasteiger partial charge in [-0.3, -0.25) is 19.1 Å². The fraction of sp³-hybridized carbons (Fsp3) is 0.615. The second-order valence-electron chi connectivity index (χ2n) is 16.2. The minimum atomic E-state index is -4.00. The van der Waals surface area contributed by atoms with Gasteiger partial charge in [-0.15, -0.1) is 0 Å². The highest BCUT2D eigenvalue weighted by molar-refractivity contribution is 7.91. The number of hydrogen-bond donors (Lipinski definition) is 4. The lowest BCUT2D eigenvalue weighted by Gasteiger charge is -2.33. The number of carboxylic acid groups (broad SMARTS) is 1. The van der Waals surface area contributed by atoms with Crippen LogP contribution in [0.25, 0.3) is 10.8 Å². The number of sulfonamides is 1. The van der Waals surface area contributed by atoms with Gasteiger partial charge in [-0.25, -0.2) is 18.2 Å². The van der Waals surface area contributed by atoms with Gasteiger partial charge in [0.25, 0.3) is 5.91 Å². The van der Waals surface area contributed by atoms with Gasteiger partial charge in [-0.2, -0.15) is 0 Å². The van der Waals surface area contributed by atoms with E-state index >= 15 is 0 Å². The Balaban J connectivity index is 1.22. The molecule has 4 N–H and O–H groups in total. The molecule has 2 aromatic rings. The van der Waals surface area contributed by atoms with E-state index in [0.29, 0.717) is 64.3 Å². The molecule has 4 fully saturated rings. The van der Waals surface area contributed by atoms with Crippen LogP contribution in [0.1, 0.15) is 72.1 Å². The molecule has 55 heavy (non-hydrogen) atoms. The van der Waals surface area contributed by atoms with Crippen molar-refractivity contribution in [3.8, 4) is 5.88 Å². The third kappa shape index (κ3) is 7.84. The SMILES string of the molecule is CC[C@@H]1C[C@@H](C)CC/C=C\[C@@H]2C[C@@]2(C(=O)NS(=O)(=O)C2(C)CC2)NC(=O)[C@@H]2C[C@@H](Oc3ncc(N4CCOCC4)c4ccccc34)CN2C(=O)[C@H]1NC(=O)O. The Morgan fingerprint density at radius 3 is 2.55 bits per heavy atom. The zero-order chi connectivity index (χ0) is 39.1. The zero-order valence-electron chi connectivity index (χ0n) is 31.7. The van der Waals surface area contributed by atoms with Crippen molar-refractivity contribution in [1.82, 2.24) is 25.2 Å². The molecule has 15 nitrogen and oxygen atoms in total. The van der Waals surface area contributed by atoms with Crippen molar-refractivity contribution >= 4 is 50.3 Å². The molecule has 7 rings (SSSR count). The number of morpholine rings is 1. The molecular formula is C39H52N6O9S. The van der Waals surface area contributed by atoms with Crippen LogP contribution in [0.4, 0.5) is 10.5 Å². The summed E-state index contributed by atoms with van der Waals surface area (Å²) in [5, 5.41) is 16.9. The Bertz CT molecular complexity index is 1970. The molecule has 1 aromatic heterocycles. The molecular weight excluding hydrogens is 729 g/mol. The molecule has 7 atom stereocenters. The fourth-order valence-corrected chi connectivity index (χ4v) is 9.72. The number of fused-ring (bicyclic) bond motifs is 3. The first-order chi connectivity index (χ1) is 26.2. The molecule has 298 valence electrons. The van der Waals surface area contributed by atoms with E-state index in [1.54, 1.807) is 13.1 Å². The molecule has 16 heteroatoms. The number of nitrogens with zero attached hydrogens (tertiary/aromatic N) is 3. The summed E-state index contributed by atoms with van der Waals surface area (Å²) in [6.45, 7) is 8.15. The standard InChI is InChI=1S/C39H52N6O9S/c1-4-25-19-24(2)9-5-6-10-26-21-39(26,36(48)43-55(51,52)38(3)13-14-38)42-33(46)30-20-27(23-45(30)35(47)32(25)41-37(49)50)54-34-29-12-8-7-11-28(29)31(22-40-34)44-15-17-53-18-16-44/h6-8,10-12,22,24-27,30,32,41H,4-5,9,13-21,23H2,1-3H3,(H,42,46)(H,43,48)(H,49,50)/b10-6-/t24-,25+,26+,27+,30-,32-,39+/m0/s1. The number of anilines is 1. The highest BCUT2D eigenvalue weighted by Crippen LogP contribution is 2.48. The molecule has 2 aliphatic carbocycles. The summed E-state index contributed by atoms with van der Waals surface area (Å²) in [6.07, 6.45) is 7.09. The lowest BCUT2D eigenvalue weighted by Crippen LogP contribution is -2.59. The van der Waals surface area contributed by atoms with Crippen LogP contribution in [0.15, 0.2) is 42.6 Å². The number of ether oxygens (including phenoxy) is 2. The lowest BCUT2D eigenvalue weighted by molar-refractivity contribution is -0.142. The van der Waals surface area contributed by atoms with Crippen molar-refractivity contribution in [3.63, 3.8) is 0 Å². The summed E-state index contributed by atoms with van der Waals surface area (Å²) < 4.78 is 39.7. The van der Waals surface area contributed by atoms with Crippen LogP contribution < -0.4 is 25.0 Å². The van der Waals surface area contributed by atoms with Crippen LogP contribution in [0, 0.1) is 17.8 Å². The molecule has 0 bridgehead atoms. The largest absolute Gasteiger partial charge is 0.472 e. The molecule has 4 heterocycles. The molecule has 5 aliphatic rings. The fourth-order valence-electron chi connectivity index (χ4n) is 8.41. The predicted molar refractivity (Wildman–Crippen MR) is 204 cm³/mol. The predicted octanol–water partition coefficient (Wildman–Crippen LogP) is 3.33. The Morgan fingerprint density at radius 1 is 1.13 bits per heavy atom. The average Bonchev–Trinajstić information content (AvgIpc) is 4.04. The zero-order valence-corrected chi connectivity index (χ0v) is 32.5. The molecule has 0 radical (unpaired) electrons. The molecule has 0 spiro atoms. The summed E-state index contributed by atoms with van der Waals surface area (Å²) in [6, 6.07) is 5.44. The molecule has 3 aliphatic heterocycles. The van der Waals surface area contributed by atoms with E-state index in [4.69, 9.17) is 14.5 Å². The van der Waals surface area contributed by atoms with Gasteiger partial charge in [0.1, 0.15) is 23.7 Å². The Hall–Kier alpha value is -4.44. The summed E-state index contributed by atoms with van der Waals surface area (Å²) in [5.41, 5.74) is -0.597. The summed E-state index contributed by atoms with van der Waals surface area (Å²) in [5.74, 6) is -2.36. The number of rotatable bonds is 8. The first-order valence-corrected chi connectivity index (χ1v) is 21.0. The maximum atomic E-state index is 14.6. The number of aromatic nitrogens is 1. The molecule has 2 saturated carbocycles. The maximum Gasteiger partial charge on any atom is 0.405 e. The lowest BCUT2D eigenvalue weighted by atomic mass is 9.85. The third-order valence-corrected chi connectivity index (χ3v) is 14.4. The Kier molecular flexibility index (Phi) is 10.8. The number of pyridine rings is 1. The van der Waals surface area contributed by atoms with E-state index in [1.807, 2.05) is 43.3 Å². The van der Waals surface area contributed by atoms with E-state index in [0.717, 1.165) is 22.9 Å². The Labute approximate surface area is 321 Å². The number of benzene rings is 1. The smallest absolute Gasteiger partial charge is 0.405 e. The topological polar surface area (TPSA) is 197 Å². The highest BCUT2D eigenvalue weighted by Gasteiger charge is 2.63. The Morgan fingerprint density at radius 2 is 1.85 bits per heavy atom. The molecule has 4 amide bonds. The maximum absolute atomic E-state index is 14.6. The highest BCUT2D eigenvalue weighted by atomic mass is 32.2. The van der Waals surface area contributed by atoms with Gasteiger partial charge in [0.05, 0.1) is 36.4 Å². The van der Waals surface area contributed by atoms with Crippen molar-refractivity contribution in [2.24, 2.45) is 17.8 Å². The van der Waals surface area contributed by atoms with Gasteiger partial charge in [0, 0.05) is 36.2 Å². The van der Waals surface area contributed by atoms with Crippen molar-refractivity contribution in [3.05, 3.63) is 42.6 Å². The van der Waals surface area contributed by atoms with Gasteiger partial charge < -0.3 is 35.0 Å². The normalized spacial score (nSPS) is 31.5. The van der Waals surface area contributed by atoms with E-state index in [-0.39, 0.29) is 31.2 Å². The van der Waals surface area contributed by atoms with E-state index in [1.165, 1.54) is 4.90 Å². The first-order valence-electron chi connectivity index (χ1n) is 19.5. The summed E-state index contributed by atoms with van der Waals surface area (Å²) in [4.78, 5) is 63.4. The van der Waals surface area contributed by atoms with Crippen molar-refractivity contribution in [2.75, 3.05) is 37.7 Å². The number of carbonyl (C=O) groups excluding carboxylic acids is 3. The van der Waals surface area contributed by atoms with Gasteiger partial charge in [0.2, 0.25) is 27.7 Å². The summed E-state index contributed by atoms with van der Waals surface area (Å²) in [7, 11) is -4.00.